The minimum atomic E-state index is 0.181. The predicted octanol–water partition coefficient (Wildman–Crippen LogP) is 3.13. The van der Waals surface area contributed by atoms with Gasteiger partial charge in [-0.25, -0.2) is 0 Å². The van der Waals surface area contributed by atoms with Crippen LogP contribution >= 0.6 is 0 Å². The van der Waals surface area contributed by atoms with Gasteiger partial charge in [0.25, 0.3) is 0 Å². The summed E-state index contributed by atoms with van der Waals surface area (Å²) in [6.07, 6.45) is 3.55. The monoisotopic (exact) mass is 252 g/mol. The van der Waals surface area contributed by atoms with Crippen LogP contribution in [0, 0.1) is 5.41 Å². The van der Waals surface area contributed by atoms with E-state index >= 15 is 0 Å². The summed E-state index contributed by atoms with van der Waals surface area (Å²) in [6, 6.07) is 2.02. The number of furan rings is 1. The lowest BCUT2D eigenvalue weighted by Gasteiger charge is -2.33. The molecule has 1 N–H and O–H groups in total. The molecule has 1 aromatic rings. The fourth-order valence-corrected chi connectivity index (χ4v) is 2.04. The maximum Gasteiger partial charge on any atom is 0.0947 e. The van der Waals surface area contributed by atoms with E-state index in [-0.39, 0.29) is 11.0 Å². The Labute approximate surface area is 112 Å². The van der Waals surface area contributed by atoms with Crippen molar-refractivity contribution in [1.29, 1.82) is 0 Å². The van der Waals surface area contributed by atoms with Gasteiger partial charge in [-0.05, 0) is 39.3 Å². The van der Waals surface area contributed by atoms with Gasteiger partial charge in [-0.2, -0.15) is 0 Å². The van der Waals surface area contributed by atoms with Crippen molar-refractivity contribution in [2.24, 2.45) is 5.41 Å². The molecule has 0 unspecified atom stereocenters. The third-order valence-corrected chi connectivity index (χ3v) is 2.83. The van der Waals surface area contributed by atoms with Crippen molar-refractivity contribution in [3.8, 4) is 0 Å². The van der Waals surface area contributed by atoms with Gasteiger partial charge in [0.15, 0.2) is 0 Å². The number of hydrogen-bond donors (Lipinski definition) is 1. The highest BCUT2D eigenvalue weighted by atomic mass is 16.3. The van der Waals surface area contributed by atoms with Crippen LogP contribution in [0.5, 0.6) is 0 Å². The third kappa shape index (κ3) is 6.22. The lowest BCUT2D eigenvalue weighted by molar-refractivity contribution is 0.186. The Balaban J connectivity index is 2.39. The van der Waals surface area contributed by atoms with E-state index in [2.05, 4.69) is 51.9 Å². The molecule has 0 aromatic carbocycles. The van der Waals surface area contributed by atoms with Crippen molar-refractivity contribution >= 4 is 0 Å². The first-order chi connectivity index (χ1) is 8.18. The van der Waals surface area contributed by atoms with Gasteiger partial charge in [-0.3, -0.25) is 0 Å². The van der Waals surface area contributed by atoms with Crippen LogP contribution in [-0.2, 0) is 6.54 Å². The van der Waals surface area contributed by atoms with Crippen LogP contribution in [0.1, 0.15) is 40.2 Å². The number of hydrogen-bond acceptors (Lipinski definition) is 3. The van der Waals surface area contributed by atoms with Crippen molar-refractivity contribution in [2.45, 2.75) is 46.7 Å². The van der Waals surface area contributed by atoms with Crippen molar-refractivity contribution < 1.29 is 4.42 Å². The van der Waals surface area contributed by atoms with Crippen LogP contribution in [0.4, 0.5) is 0 Å². The molecule has 0 aliphatic heterocycles. The molecule has 1 heterocycles. The average Bonchev–Trinajstić information content (AvgIpc) is 2.65. The van der Waals surface area contributed by atoms with Crippen LogP contribution < -0.4 is 5.32 Å². The van der Waals surface area contributed by atoms with Gasteiger partial charge in [0.2, 0.25) is 0 Å². The first-order valence-electron chi connectivity index (χ1n) is 6.63. The van der Waals surface area contributed by atoms with Gasteiger partial charge in [-0.1, -0.05) is 13.8 Å². The van der Waals surface area contributed by atoms with Gasteiger partial charge in [0.05, 0.1) is 12.5 Å². The van der Waals surface area contributed by atoms with Crippen LogP contribution in [0.15, 0.2) is 23.0 Å². The second-order valence-electron chi connectivity index (χ2n) is 7.07. The molecule has 18 heavy (non-hydrogen) atoms. The molecule has 0 radical (unpaired) electrons. The van der Waals surface area contributed by atoms with Crippen LogP contribution in [-0.4, -0.2) is 30.6 Å². The van der Waals surface area contributed by atoms with Crippen LogP contribution in [0.3, 0.4) is 0 Å². The molecule has 3 heteroatoms. The Morgan fingerprint density at radius 2 is 1.89 bits per heavy atom. The Morgan fingerprint density at radius 3 is 2.39 bits per heavy atom. The highest BCUT2D eigenvalue weighted by Crippen LogP contribution is 2.18. The van der Waals surface area contributed by atoms with E-state index in [1.165, 1.54) is 5.56 Å². The van der Waals surface area contributed by atoms with E-state index in [1.54, 1.807) is 6.26 Å². The predicted molar refractivity (Wildman–Crippen MR) is 76.6 cm³/mol. The molecule has 0 aliphatic carbocycles. The Hall–Kier alpha value is -0.800. The number of nitrogens with one attached hydrogen (secondary N) is 1. The lowest BCUT2D eigenvalue weighted by Crippen LogP contribution is -2.45. The molecule has 0 fully saturated rings. The zero-order valence-electron chi connectivity index (χ0n) is 12.7. The fraction of sp³-hybridized carbons (Fsp3) is 0.733. The highest BCUT2D eigenvalue weighted by Gasteiger charge is 2.22. The summed E-state index contributed by atoms with van der Waals surface area (Å²) in [5.41, 5.74) is 1.67. The first-order valence-corrected chi connectivity index (χ1v) is 6.63. The molecular weight excluding hydrogens is 224 g/mol. The first kappa shape index (κ1) is 15.3. The molecule has 1 aromatic heterocycles. The maximum atomic E-state index is 5.10. The zero-order chi connectivity index (χ0) is 13.8. The van der Waals surface area contributed by atoms with E-state index in [1.807, 2.05) is 12.3 Å². The van der Waals surface area contributed by atoms with Gasteiger partial charge in [-0.15, -0.1) is 0 Å². The Bertz CT molecular complexity index is 336. The molecule has 1 rings (SSSR count). The summed E-state index contributed by atoms with van der Waals surface area (Å²) < 4.78 is 5.10. The standard InChI is InChI=1S/C15H28N2O/c1-14(2,3)16-11-15(4,5)12-17(6)9-13-7-8-18-10-13/h7-8,10,16H,9,11-12H2,1-6H3. The quantitative estimate of drug-likeness (QED) is 0.843. The highest BCUT2D eigenvalue weighted by molar-refractivity contribution is 5.04. The van der Waals surface area contributed by atoms with E-state index in [4.69, 9.17) is 4.42 Å². The smallest absolute Gasteiger partial charge is 0.0947 e. The minimum Gasteiger partial charge on any atom is -0.472 e. The van der Waals surface area contributed by atoms with E-state index in [9.17, 15) is 0 Å². The van der Waals surface area contributed by atoms with Gasteiger partial charge < -0.3 is 14.6 Å². The molecule has 0 saturated heterocycles. The van der Waals surface area contributed by atoms with Crippen molar-refractivity contribution in [3.63, 3.8) is 0 Å². The summed E-state index contributed by atoms with van der Waals surface area (Å²) in [5.74, 6) is 0. The molecule has 0 saturated carbocycles. The SMILES string of the molecule is CN(Cc1ccoc1)CC(C)(C)CNC(C)(C)C. The molecule has 3 nitrogen and oxygen atoms in total. The number of nitrogens with zero attached hydrogens (tertiary/aromatic N) is 1. The van der Waals surface area contributed by atoms with Crippen molar-refractivity contribution in [1.82, 2.24) is 10.2 Å². The summed E-state index contributed by atoms with van der Waals surface area (Å²) in [6.45, 7) is 14.2. The van der Waals surface area contributed by atoms with Gasteiger partial charge in [0.1, 0.15) is 0 Å². The topological polar surface area (TPSA) is 28.4 Å². The maximum absolute atomic E-state index is 5.10. The molecule has 0 bridgehead atoms. The molecule has 0 aliphatic rings. The summed E-state index contributed by atoms with van der Waals surface area (Å²) in [5, 5.41) is 3.58. The largest absolute Gasteiger partial charge is 0.472 e. The van der Waals surface area contributed by atoms with E-state index in [0.29, 0.717) is 0 Å². The molecule has 0 spiro atoms. The second-order valence-corrected chi connectivity index (χ2v) is 7.07. The normalized spacial score (nSPS) is 13.3. The lowest BCUT2D eigenvalue weighted by atomic mass is 9.91. The fourth-order valence-electron chi connectivity index (χ4n) is 2.04. The van der Waals surface area contributed by atoms with Crippen molar-refractivity contribution in [3.05, 3.63) is 24.2 Å². The second kappa shape index (κ2) is 5.89. The van der Waals surface area contributed by atoms with Crippen molar-refractivity contribution in [2.75, 3.05) is 20.1 Å². The summed E-state index contributed by atoms with van der Waals surface area (Å²) >= 11 is 0. The average molecular weight is 252 g/mol. The van der Waals surface area contributed by atoms with E-state index in [0.717, 1.165) is 19.6 Å². The minimum absolute atomic E-state index is 0.181. The van der Waals surface area contributed by atoms with Crippen LogP contribution in [0.25, 0.3) is 0 Å². The third-order valence-electron chi connectivity index (χ3n) is 2.83. The number of rotatable bonds is 6. The Morgan fingerprint density at radius 1 is 1.22 bits per heavy atom. The van der Waals surface area contributed by atoms with E-state index < -0.39 is 0 Å². The summed E-state index contributed by atoms with van der Waals surface area (Å²) in [4.78, 5) is 2.34. The Kier molecular flexibility index (Phi) is 5.00. The molecule has 0 amide bonds. The zero-order valence-corrected chi connectivity index (χ0v) is 12.7. The van der Waals surface area contributed by atoms with Gasteiger partial charge >= 0.3 is 0 Å². The molecular formula is C15H28N2O. The molecule has 0 atom stereocenters. The van der Waals surface area contributed by atoms with Gasteiger partial charge in [0, 0.05) is 30.7 Å². The molecule has 104 valence electrons. The summed E-state index contributed by atoms with van der Waals surface area (Å²) in [7, 11) is 2.16. The van der Waals surface area contributed by atoms with Crippen LogP contribution in [0.2, 0.25) is 0 Å².